The Hall–Kier alpha value is -2.96. The summed E-state index contributed by atoms with van der Waals surface area (Å²) in [7, 11) is 0. The number of rotatable bonds is 3. The molecule has 1 unspecified atom stereocenters. The standard InChI is InChI=1S/C20H15ClFN3O2/c1-10(26)11-2-4-15(21)17(8-11)25-19-13-6-7-23-20(27)18(13)14-9-12(22)3-5-16(14)24-19/h2-10,26H,1H3,(H,23,27)(H,24,25). The number of H-pyrrole nitrogens is 1. The Morgan fingerprint density at radius 2 is 2.00 bits per heavy atom. The highest BCUT2D eigenvalue weighted by Gasteiger charge is 2.14. The van der Waals surface area contributed by atoms with E-state index in [4.69, 9.17) is 11.6 Å². The number of aromatic amines is 1. The molecule has 5 nitrogen and oxygen atoms in total. The molecule has 0 fully saturated rings. The van der Waals surface area contributed by atoms with Crippen molar-refractivity contribution in [2.75, 3.05) is 5.32 Å². The number of aliphatic hydroxyl groups excluding tert-OH is 1. The van der Waals surface area contributed by atoms with Gasteiger partial charge in [-0.1, -0.05) is 17.7 Å². The molecule has 0 saturated heterocycles. The van der Waals surface area contributed by atoms with Crippen LogP contribution in [0, 0.1) is 5.82 Å². The predicted octanol–water partition coefficient (Wildman–Crippen LogP) is 4.67. The number of fused-ring (bicyclic) bond motifs is 3. The minimum atomic E-state index is -0.657. The summed E-state index contributed by atoms with van der Waals surface area (Å²) < 4.78 is 13.7. The second-order valence-corrected chi connectivity index (χ2v) is 6.66. The van der Waals surface area contributed by atoms with Crippen LogP contribution in [-0.2, 0) is 0 Å². The Labute approximate surface area is 158 Å². The monoisotopic (exact) mass is 383 g/mol. The van der Waals surface area contributed by atoms with E-state index in [1.165, 1.54) is 24.4 Å². The van der Waals surface area contributed by atoms with Gasteiger partial charge in [0.05, 0.1) is 27.7 Å². The minimum Gasteiger partial charge on any atom is -0.389 e. The normalized spacial score (nSPS) is 12.4. The summed E-state index contributed by atoms with van der Waals surface area (Å²) in [6.45, 7) is 1.66. The molecule has 2 heterocycles. The summed E-state index contributed by atoms with van der Waals surface area (Å²) in [5.41, 5.74) is 1.38. The summed E-state index contributed by atoms with van der Waals surface area (Å²) in [6, 6.07) is 10.9. The molecule has 0 amide bonds. The zero-order valence-corrected chi connectivity index (χ0v) is 15.0. The number of aliphatic hydroxyl groups is 1. The third kappa shape index (κ3) is 3.13. The Balaban J connectivity index is 1.97. The number of anilines is 2. The van der Waals surface area contributed by atoms with Crippen LogP contribution in [0.25, 0.3) is 21.7 Å². The molecule has 0 bridgehead atoms. The average Bonchev–Trinajstić information content (AvgIpc) is 2.64. The van der Waals surface area contributed by atoms with E-state index in [2.05, 4.69) is 15.3 Å². The first kappa shape index (κ1) is 17.5. The first-order valence-corrected chi connectivity index (χ1v) is 8.67. The molecule has 0 aliphatic carbocycles. The Bertz CT molecular complexity index is 1240. The number of hydrogen-bond acceptors (Lipinski definition) is 4. The van der Waals surface area contributed by atoms with E-state index in [0.29, 0.717) is 43.8 Å². The third-order valence-electron chi connectivity index (χ3n) is 4.40. The van der Waals surface area contributed by atoms with Crippen LogP contribution in [0.4, 0.5) is 15.9 Å². The van der Waals surface area contributed by atoms with Crippen molar-refractivity contribution in [3.05, 3.63) is 75.4 Å². The quantitative estimate of drug-likeness (QED) is 0.449. The molecule has 27 heavy (non-hydrogen) atoms. The first-order chi connectivity index (χ1) is 12.9. The van der Waals surface area contributed by atoms with Gasteiger partial charge in [-0.15, -0.1) is 0 Å². The van der Waals surface area contributed by atoms with Gasteiger partial charge in [-0.25, -0.2) is 9.37 Å². The lowest BCUT2D eigenvalue weighted by atomic mass is 10.1. The van der Waals surface area contributed by atoms with Crippen LogP contribution in [0.1, 0.15) is 18.6 Å². The van der Waals surface area contributed by atoms with Crippen molar-refractivity contribution < 1.29 is 9.50 Å². The predicted molar refractivity (Wildman–Crippen MR) is 105 cm³/mol. The van der Waals surface area contributed by atoms with Gasteiger partial charge >= 0.3 is 0 Å². The molecular weight excluding hydrogens is 369 g/mol. The highest BCUT2D eigenvalue weighted by atomic mass is 35.5. The molecule has 4 aromatic rings. The largest absolute Gasteiger partial charge is 0.389 e. The lowest BCUT2D eigenvalue weighted by Gasteiger charge is -2.14. The van der Waals surface area contributed by atoms with Gasteiger partial charge in [0.2, 0.25) is 0 Å². The van der Waals surface area contributed by atoms with Gasteiger partial charge in [0.1, 0.15) is 11.6 Å². The summed E-state index contributed by atoms with van der Waals surface area (Å²) in [4.78, 5) is 19.6. The van der Waals surface area contributed by atoms with Gasteiger partial charge in [0.15, 0.2) is 0 Å². The summed E-state index contributed by atoms with van der Waals surface area (Å²) in [5.74, 6) is -0.0258. The minimum absolute atomic E-state index is 0.336. The van der Waals surface area contributed by atoms with Crippen molar-refractivity contribution in [1.29, 1.82) is 0 Å². The third-order valence-corrected chi connectivity index (χ3v) is 4.73. The van der Waals surface area contributed by atoms with Crippen molar-refractivity contribution in [3.63, 3.8) is 0 Å². The molecule has 0 aliphatic rings. The van der Waals surface area contributed by atoms with Crippen LogP contribution >= 0.6 is 11.6 Å². The summed E-state index contributed by atoms with van der Waals surface area (Å²) in [5, 5.41) is 14.7. The van der Waals surface area contributed by atoms with E-state index in [9.17, 15) is 14.3 Å². The van der Waals surface area contributed by atoms with Gasteiger partial charge in [0, 0.05) is 17.0 Å². The van der Waals surface area contributed by atoms with E-state index in [1.54, 1.807) is 31.2 Å². The van der Waals surface area contributed by atoms with Crippen molar-refractivity contribution in [2.45, 2.75) is 13.0 Å². The molecule has 0 aliphatic heterocycles. The van der Waals surface area contributed by atoms with Crippen LogP contribution < -0.4 is 10.9 Å². The number of pyridine rings is 2. The molecule has 0 radical (unpaired) electrons. The van der Waals surface area contributed by atoms with E-state index < -0.39 is 11.9 Å². The van der Waals surface area contributed by atoms with Crippen LogP contribution in [0.15, 0.2) is 53.5 Å². The number of hydrogen-bond donors (Lipinski definition) is 3. The maximum absolute atomic E-state index is 13.7. The molecule has 3 N–H and O–H groups in total. The maximum Gasteiger partial charge on any atom is 0.256 e. The van der Waals surface area contributed by atoms with E-state index >= 15 is 0 Å². The topological polar surface area (TPSA) is 78.0 Å². The second kappa shape index (κ2) is 6.64. The molecule has 136 valence electrons. The summed E-state index contributed by atoms with van der Waals surface area (Å²) in [6.07, 6.45) is 0.853. The van der Waals surface area contributed by atoms with Crippen LogP contribution in [0.5, 0.6) is 0 Å². The molecule has 2 aromatic heterocycles. The van der Waals surface area contributed by atoms with Gasteiger partial charge < -0.3 is 15.4 Å². The maximum atomic E-state index is 13.7. The summed E-state index contributed by atoms with van der Waals surface area (Å²) >= 11 is 6.28. The lowest BCUT2D eigenvalue weighted by molar-refractivity contribution is 0.199. The number of halogens is 2. The van der Waals surface area contributed by atoms with E-state index in [0.717, 1.165) is 0 Å². The Morgan fingerprint density at radius 1 is 1.19 bits per heavy atom. The fourth-order valence-electron chi connectivity index (χ4n) is 3.05. The lowest BCUT2D eigenvalue weighted by Crippen LogP contribution is -2.08. The van der Waals surface area contributed by atoms with Crippen molar-refractivity contribution in [2.24, 2.45) is 0 Å². The Kier molecular flexibility index (Phi) is 4.30. The first-order valence-electron chi connectivity index (χ1n) is 8.29. The molecule has 1 atom stereocenters. The highest BCUT2D eigenvalue weighted by Crippen LogP contribution is 2.33. The average molecular weight is 384 g/mol. The fraction of sp³-hybridized carbons (Fsp3) is 0.100. The molecule has 0 spiro atoms. The fourth-order valence-corrected chi connectivity index (χ4v) is 3.22. The van der Waals surface area contributed by atoms with E-state index in [1.807, 2.05) is 0 Å². The van der Waals surface area contributed by atoms with Crippen molar-refractivity contribution in [3.8, 4) is 0 Å². The smallest absolute Gasteiger partial charge is 0.256 e. The number of benzene rings is 2. The number of nitrogens with one attached hydrogen (secondary N) is 2. The van der Waals surface area contributed by atoms with Crippen molar-refractivity contribution in [1.82, 2.24) is 9.97 Å². The molecule has 2 aromatic carbocycles. The van der Waals surface area contributed by atoms with Crippen LogP contribution in [0.2, 0.25) is 5.02 Å². The zero-order chi connectivity index (χ0) is 19.1. The van der Waals surface area contributed by atoms with E-state index in [-0.39, 0.29) is 5.56 Å². The molecule has 7 heteroatoms. The second-order valence-electron chi connectivity index (χ2n) is 6.26. The molecule has 0 saturated carbocycles. The zero-order valence-electron chi connectivity index (χ0n) is 14.3. The van der Waals surface area contributed by atoms with Gasteiger partial charge in [-0.3, -0.25) is 4.79 Å². The highest BCUT2D eigenvalue weighted by molar-refractivity contribution is 6.33. The number of aromatic nitrogens is 2. The SMILES string of the molecule is CC(O)c1ccc(Cl)c(Nc2nc3ccc(F)cc3c3c(=O)[nH]ccc23)c1. The van der Waals surface area contributed by atoms with Crippen molar-refractivity contribution >= 4 is 44.8 Å². The van der Waals surface area contributed by atoms with Crippen LogP contribution in [-0.4, -0.2) is 15.1 Å². The van der Waals surface area contributed by atoms with Gasteiger partial charge in [-0.2, -0.15) is 0 Å². The van der Waals surface area contributed by atoms with Gasteiger partial charge in [0.25, 0.3) is 5.56 Å². The number of nitrogens with zero attached hydrogens (tertiary/aromatic N) is 1. The molecule has 4 rings (SSSR count). The van der Waals surface area contributed by atoms with Crippen LogP contribution in [0.3, 0.4) is 0 Å². The Morgan fingerprint density at radius 3 is 2.78 bits per heavy atom. The molecular formula is C20H15ClFN3O2. The van der Waals surface area contributed by atoms with Gasteiger partial charge in [-0.05, 0) is 48.9 Å².